The Morgan fingerprint density at radius 1 is 1.13 bits per heavy atom. The van der Waals surface area contributed by atoms with Crippen molar-refractivity contribution in [2.24, 2.45) is 0 Å². The van der Waals surface area contributed by atoms with Crippen molar-refractivity contribution in [2.75, 3.05) is 17.2 Å². The van der Waals surface area contributed by atoms with Gasteiger partial charge in [-0.3, -0.25) is 15.6 Å². The van der Waals surface area contributed by atoms with Crippen LogP contribution in [0.5, 0.6) is 0 Å². The van der Waals surface area contributed by atoms with Gasteiger partial charge < -0.3 is 10.6 Å². The first-order chi connectivity index (χ1) is 11.0. The molecule has 0 aromatic heterocycles. The molecule has 2 aromatic rings. The van der Waals surface area contributed by atoms with Crippen LogP contribution in [0.15, 0.2) is 48.5 Å². The van der Waals surface area contributed by atoms with Gasteiger partial charge in [0, 0.05) is 14.9 Å². The van der Waals surface area contributed by atoms with Gasteiger partial charge in [0.15, 0.2) is 5.11 Å². The summed E-state index contributed by atoms with van der Waals surface area (Å²) >= 11 is 7.36. The molecule has 0 heterocycles. The summed E-state index contributed by atoms with van der Waals surface area (Å²) < 4.78 is 1.16. The molecule has 0 bridgehead atoms. The number of carbonyl (C=O) groups excluding carboxylic acids is 1. The van der Waals surface area contributed by atoms with E-state index in [-0.39, 0.29) is 12.5 Å². The Morgan fingerprint density at radius 2 is 1.87 bits per heavy atom. The molecule has 2 aromatic carbocycles. The van der Waals surface area contributed by atoms with E-state index < -0.39 is 0 Å². The maximum absolute atomic E-state index is 11.8. The van der Waals surface area contributed by atoms with Crippen LogP contribution in [0.4, 0.5) is 11.4 Å². The summed E-state index contributed by atoms with van der Waals surface area (Å²) in [5.41, 5.74) is 8.10. The Balaban J connectivity index is 1.73. The second kappa shape index (κ2) is 8.68. The van der Waals surface area contributed by atoms with Gasteiger partial charge in [0.25, 0.3) is 5.91 Å². The highest BCUT2D eigenvalue weighted by Crippen LogP contribution is 2.17. The van der Waals surface area contributed by atoms with E-state index in [1.807, 2.05) is 49.4 Å². The molecule has 2 rings (SSSR count). The fraction of sp³-hybridized carbons (Fsp3) is 0.125. The standard InChI is InChI=1S/C16H17IN4OS/c1-11-9-12(17)7-8-14(11)18-10-15(22)20-21-16(23)19-13-5-3-2-4-6-13/h2-9,18H,10H2,1H3,(H,20,22)(H2,19,21,23). The minimum absolute atomic E-state index is 0.155. The van der Waals surface area contributed by atoms with Crippen LogP contribution in [0.1, 0.15) is 5.56 Å². The highest BCUT2D eigenvalue weighted by Gasteiger charge is 2.04. The van der Waals surface area contributed by atoms with Gasteiger partial charge in [-0.05, 0) is 77.6 Å². The molecule has 1 amide bonds. The maximum atomic E-state index is 11.8. The molecule has 120 valence electrons. The van der Waals surface area contributed by atoms with Crippen molar-refractivity contribution >= 4 is 57.2 Å². The quantitative estimate of drug-likeness (QED) is 0.335. The van der Waals surface area contributed by atoms with Crippen LogP contribution in [0.2, 0.25) is 0 Å². The van der Waals surface area contributed by atoms with Gasteiger partial charge in [-0.15, -0.1) is 0 Å². The summed E-state index contributed by atoms with van der Waals surface area (Å²) in [7, 11) is 0. The van der Waals surface area contributed by atoms with Crippen LogP contribution in [0, 0.1) is 10.5 Å². The van der Waals surface area contributed by atoms with E-state index in [2.05, 4.69) is 50.1 Å². The lowest BCUT2D eigenvalue weighted by atomic mass is 10.2. The van der Waals surface area contributed by atoms with Crippen molar-refractivity contribution in [3.8, 4) is 0 Å². The van der Waals surface area contributed by atoms with Gasteiger partial charge in [-0.1, -0.05) is 18.2 Å². The lowest BCUT2D eigenvalue weighted by Gasteiger charge is -2.13. The van der Waals surface area contributed by atoms with Gasteiger partial charge in [-0.25, -0.2) is 0 Å². The molecule has 23 heavy (non-hydrogen) atoms. The number of rotatable bonds is 4. The molecule has 5 nitrogen and oxygen atoms in total. The number of hydrogen-bond donors (Lipinski definition) is 4. The van der Waals surface area contributed by atoms with Crippen LogP contribution in [0.25, 0.3) is 0 Å². The number of thiocarbonyl (C=S) groups is 1. The Labute approximate surface area is 154 Å². The van der Waals surface area contributed by atoms with Crippen molar-refractivity contribution in [2.45, 2.75) is 6.92 Å². The summed E-state index contributed by atoms with van der Waals surface area (Å²) in [6, 6.07) is 15.5. The van der Waals surface area contributed by atoms with Crippen molar-refractivity contribution in [3.05, 3.63) is 57.7 Å². The summed E-state index contributed by atoms with van der Waals surface area (Å²) in [5.74, 6) is -0.208. The number of halogens is 1. The number of benzene rings is 2. The fourth-order valence-corrected chi connectivity index (χ4v) is 2.67. The molecular formula is C16H17IN4OS. The third-order valence-corrected chi connectivity index (χ3v) is 3.85. The minimum atomic E-state index is -0.208. The third kappa shape index (κ3) is 6.03. The first-order valence-corrected chi connectivity index (χ1v) is 8.44. The zero-order chi connectivity index (χ0) is 16.7. The molecule has 0 spiro atoms. The molecule has 0 fully saturated rings. The van der Waals surface area contributed by atoms with Crippen molar-refractivity contribution in [3.63, 3.8) is 0 Å². The number of aryl methyl sites for hydroxylation is 1. The SMILES string of the molecule is Cc1cc(I)ccc1NCC(=O)NNC(=S)Nc1ccccc1. The zero-order valence-corrected chi connectivity index (χ0v) is 15.5. The van der Waals surface area contributed by atoms with E-state index in [1.165, 1.54) is 0 Å². The predicted molar refractivity (Wildman–Crippen MR) is 106 cm³/mol. The van der Waals surface area contributed by atoms with E-state index in [0.29, 0.717) is 5.11 Å². The monoisotopic (exact) mass is 440 g/mol. The molecule has 0 unspecified atom stereocenters. The lowest BCUT2D eigenvalue weighted by molar-refractivity contribution is -0.119. The van der Waals surface area contributed by atoms with Crippen LogP contribution in [-0.4, -0.2) is 17.6 Å². The number of amides is 1. The molecule has 7 heteroatoms. The van der Waals surface area contributed by atoms with E-state index >= 15 is 0 Å². The van der Waals surface area contributed by atoms with Crippen molar-refractivity contribution in [1.29, 1.82) is 0 Å². The summed E-state index contributed by atoms with van der Waals surface area (Å²) in [6.45, 7) is 2.15. The smallest absolute Gasteiger partial charge is 0.257 e. The average Bonchev–Trinajstić information content (AvgIpc) is 2.53. The molecule has 0 aliphatic rings. The van der Waals surface area contributed by atoms with Crippen LogP contribution >= 0.6 is 34.8 Å². The third-order valence-electron chi connectivity index (χ3n) is 2.97. The largest absolute Gasteiger partial charge is 0.376 e. The van der Waals surface area contributed by atoms with E-state index in [0.717, 1.165) is 20.5 Å². The van der Waals surface area contributed by atoms with Gasteiger partial charge in [0.05, 0.1) is 6.54 Å². The van der Waals surface area contributed by atoms with Gasteiger partial charge in [0.1, 0.15) is 0 Å². The van der Waals surface area contributed by atoms with Crippen LogP contribution < -0.4 is 21.5 Å². The fourth-order valence-electron chi connectivity index (χ4n) is 1.86. The number of hydrazine groups is 1. The van der Waals surface area contributed by atoms with E-state index in [9.17, 15) is 4.79 Å². The zero-order valence-electron chi connectivity index (χ0n) is 12.5. The van der Waals surface area contributed by atoms with E-state index in [4.69, 9.17) is 12.2 Å². The van der Waals surface area contributed by atoms with E-state index in [1.54, 1.807) is 0 Å². The number of carbonyl (C=O) groups is 1. The Kier molecular flexibility index (Phi) is 6.60. The van der Waals surface area contributed by atoms with Crippen molar-refractivity contribution in [1.82, 2.24) is 10.9 Å². The number of para-hydroxylation sites is 1. The topological polar surface area (TPSA) is 65.2 Å². The average molecular weight is 440 g/mol. The predicted octanol–water partition coefficient (Wildman–Crippen LogP) is 3.03. The van der Waals surface area contributed by atoms with Crippen LogP contribution in [0.3, 0.4) is 0 Å². The normalized spacial score (nSPS) is 9.83. The van der Waals surface area contributed by atoms with Crippen molar-refractivity contribution < 1.29 is 4.79 Å². The minimum Gasteiger partial charge on any atom is -0.376 e. The molecule has 0 saturated heterocycles. The number of nitrogens with one attached hydrogen (secondary N) is 4. The first-order valence-electron chi connectivity index (χ1n) is 6.95. The summed E-state index contributed by atoms with van der Waals surface area (Å²) in [6.07, 6.45) is 0. The Morgan fingerprint density at radius 3 is 2.57 bits per heavy atom. The summed E-state index contributed by atoms with van der Waals surface area (Å²) in [5, 5.41) is 6.39. The second-order valence-electron chi connectivity index (χ2n) is 4.81. The van der Waals surface area contributed by atoms with Gasteiger partial charge in [0.2, 0.25) is 0 Å². The second-order valence-corrected chi connectivity index (χ2v) is 6.46. The lowest BCUT2D eigenvalue weighted by Crippen LogP contribution is -2.45. The molecule has 0 radical (unpaired) electrons. The highest BCUT2D eigenvalue weighted by molar-refractivity contribution is 14.1. The number of anilines is 2. The highest BCUT2D eigenvalue weighted by atomic mass is 127. The molecular weight excluding hydrogens is 423 g/mol. The van der Waals surface area contributed by atoms with Gasteiger partial charge in [-0.2, -0.15) is 0 Å². The van der Waals surface area contributed by atoms with Gasteiger partial charge >= 0.3 is 0 Å². The molecule has 0 aliphatic carbocycles. The molecule has 0 aliphatic heterocycles. The summed E-state index contributed by atoms with van der Waals surface area (Å²) in [4.78, 5) is 11.8. The molecule has 4 N–H and O–H groups in total. The number of hydrogen-bond acceptors (Lipinski definition) is 3. The Hall–Kier alpha value is -1.87. The maximum Gasteiger partial charge on any atom is 0.257 e. The first kappa shape index (κ1) is 17.5. The van der Waals surface area contributed by atoms with Crippen LogP contribution in [-0.2, 0) is 4.79 Å². The molecule has 0 saturated carbocycles. The molecule has 0 atom stereocenters. The Bertz CT molecular complexity index is 694.